The van der Waals surface area contributed by atoms with Gasteiger partial charge in [0.2, 0.25) is 5.91 Å². The first-order valence-electron chi connectivity index (χ1n) is 6.02. The number of carbonyl (C=O) groups excluding carboxylic acids is 1. The van der Waals surface area contributed by atoms with Crippen LogP contribution in [-0.2, 0) is 11.3 Å². The van der Waals surface area contributed by atoms with Crippen molar-refractivity contribution in [3.05, 3.63) is 34.7 Å². The lowest BCUT2D eigenvalue weighted by Crippen LogP contribution is -2.33. The number of fused-ring (bicyclic) bond motifs is 1. The predicted molar refractivity (Wildman–Crippen MR) is 70.4 cm³/mol. The van der Waals surface area contributed by atoms with Gasteiger partial charge in [-0.3, -0.25) is 9.36 Å². The molecule has 0 saturated carbocycles. The Kier molecular flexibility index (Phi) is 3.50. The summed E-state index contributed by atoms with van der Waals surface area (Å²) in [5.74, 6) is 0.254. The summed E-state index contributed by atoms with van der Waals surface area (Å²) in [5.41, 5.74) is 1.25. The second-order valence-corrected chi connectivity index (χ2v) is 4.73. The third-order valence-corrected chi connectivity index (χ3v) is 2.69. The SMILES string of the molecule is CC(C)CNC(=O)Cn1c(=O)[nH]c2ccccc21. The zero-order valence-corrected chi connectivity index (χ0v) is 10.6. The molecule has 0 aliphatic carbocycles. The molecule has 1 aromatic carbocycles. The quantitative estimate of drug-likeness (QED) is 0.849. The third-order valence-electron chi connectivity index (χ3n) is 2.69. The van der Waals surface area contributed by atoms with Crippen molar-refractivity contribution in [2.45, 2.75) is 20.4 Å². The normalized spacial score (nSPS) is 11.1. The van der Waals surface area contributed by atoms with Crippen molar-refractivity contribution in [1.82, 2.24) is 14.9 Å². The maximum atomic E-state index is 11.7. The molecule has 1 aromatic heterocycles. The summed E-state index contributed by atoms with van der Waals surface area (Å²) in [6.07, 6.45) is 0. The monoisotopic (exact) mass is 247 g/mol. The Hall–Kier alpha value is -2.04. The molecule has 2 rings (SSSR count). The van der Waals surface area contributed by atoms with E-state index in [9.17, 15) is 9.59 Å². The largest absolute Gasteiger partial charge is 0.354 e. The van der Waals surface area contributed by atoms with Gasteiger partial charge >= 0.3 is 5.69 Å². The van der Waals surface area contributed by atoms with Crippen LogP contribution in [0.3, 0.4) is 0 Å². The lowest BCUT2D eigenvalue weighted by atomic mass is 10.2. The van der Waals surface area contributed by atoms with E-state index in [1.165, 1.54) is 4.57 Å². The van der Waals surface area contributed by atoms with Gasteiger partial charge in [0.1, 0.15) is 6.54 Å². The zero-order valence-electron chi connectivity index (χ0n) is 10.6. The number of para-hydroxylation sites is 2. The zero-order chi connectivity index (χ0) is 13.1. The number of imidazole rings is 1. The van der Waals surface area contributed by atoms with E-state index in [-0.39, 0.29) is 18.1 Å². The number of rotatable bonds is 4. The van der Waals surface area contributed by atoms with E-state index < -0.39 is 0 Å². The van der Waals surface area contributed by atoms with Crippen LogP contribution in [0.1, 0.15) is 13.8 Å². The Morgan fingerprint density at radius 2 is 2.11 bits per heavy atom. The van der Waals surface area contributed by atoms with E-state index in [1.807, 2.05) is 38.1 Å². The van der Waals surface area contributed by atoms with Gasteiger partial charge in [0, 0.05) is 6.54 Å². The average molecular weight is 247 g/mol. The van der Waals surface area contributed by atoms with E-state index in [2.05, 4.69) is 10.3 Å². The van der Waals surface area contributed by atoms with Gasteiger partial charge in [-0.25, -0.2) is 4.79 Å². The highest BCUT2D eigenvalue weighted by atomic mass is 16.2. The summed E-state index contributed by atoms with van der Waals surface area (Å²) >= 11 is 0. The fraction of sp³-hybridized carbons (Fsp3) is 0.385. The Morgan fingerprint density at radius 3 is 2.83 bits per heavy atom. The molecule has 0 aliphatic rings. The molecule has 0 fully saturated rings. The minimum absolute atomic E-state index is 0.0512. The smallest absolute Gasteiger partial charge is 0.326 e. The topological polar surface area (TPSA) is 66.9 Å². The molecule has 18 heavy (non-hydrogen) atoms. The Balaban J connectivity index is 2.19. The van der Waals surface area contributed by atoms with Gasteiger partial charge in [-0.05, 0) is 18.1 Å². The van der Waals surface area contributed by atoms with Gasteiger partial charge in [-0.15, -0.1) is 0 Å². The summed E-state index contributed by atoms with van der Waals surface area (Å²) in [4.78, 5) is 26.2. The minimum atomic E-state index is -0.254. The molecule has 2 aromatic rings. The fourth-order valence-electron chi connectivity index (χ4n) is 1.78. The van der Waals surface area contributed by atoms with Crippen molar-refractivity contribution in [1.29, 1.82) is 0 Å². The van der Waals surface area contributed by atoms with Gasteiger partial charge < -0.3 is 10.3 Å². The van der Waals surface area contributed by atoms with Gasteiger partial charge in [-0.1, -0.05) is 26.0 Å². The number of aromatic nitrogens is 2. The summed E-state index contributed by atoms with van der Waals surface area (Å²) in [6.45, 7) is 4.72. The molecule has 2 N–H and O–H groups in total. The van der Waals surface area contributed by atoms with Crippen LogP contribution in [0.15, 0.2) is 29.1 Å². The first-order valence-corrected chi connectivity index (χ1v) is 6.02. The molecule has 1 amide bonds. The molecule has 96 valence electrons. The average Bonchev–Trinajstić information content (AvgIpc) is 2.64. The molecule has 5 heteroatoms. The van der Waals surface area contributed by atoms with Crippen LogP contribution in [-0.4, -0.2) is 22.0 Å². The molecule has 0 bridgehead atoms. The van der Waals surface area contributed by atoms with Crippen molar-refractivity contribution in [2.75, 3.05) is 6.54 Å². The summed E-state index contributed by atoms with van der Waals surface area (Å²) in [6, 6.07) is 7.34. The van der Waals surface area contributed by atoms with E-state index in [0.717, 1.165) is 11.0 Å². The summed E-state index contributed by atoms with van der Waals surface area (Å²) in [5, 5.41) is 2.80. The second kappa shape index (κ2) is 5.08. The maximum absolute atomic E-state index is 11.7. The molecular weight excluding hydrogens is 230 g/mol. The number of benzene rings is 1. The molecule has 0 radical (unpaired) electrons. The first-order chi connectivity index (χ1) is 8.58. The first kappa shape index (κ1) is 12.4. The lowest BCUT2D eigenvalue weighted by Gasteiger charge is -2.08. The highest BCUT2D eigenvalue weighted by Crippen LogP contribution is 2.08. The van der Waals surface area contributed by atoms with Crippen LogP contribution in [0, 0.1) is 5.92 Å². The Labute approximate surface area is 105 Å². The lowest BCUT2D eigenvalue weighted by molar-refractivity contribution is -0.121. The number of carbonyl (C=O) groups is 1. The fourth-order valence-corrected chi connectivity index (χ4v) is 1.78. The standard InChI is InChI=1S/C13H17N3O2/c1-9(2)7-14-12(17)8-16-11-6-4-3-5-10(11)15-13(16)18/h3-6,9H,7-8H2,1-2H3,(H,14,17)(H,15,18). The van der Waals surface area contributed by atoms with Gasteiger partial charge in [-0.2, -0.15) is 0 Å². The molecule has 1 heterocycles. The predicted octanol–water partition coefficient (Wildman–Crippen LogP) is 1.10. The Bertz CT molecular complexity index is 610. The van der Waals surface area contributed by atoms with Crippen LogP contribution in [0.4, 0.5) is 0 Å². The van der Waals surface area contributed by atoms with Gasteiger partial charge in [0.05, 0.1) is 11.0 Å². The van der Waals surface area contributed by atoms with Crippen LogP contribution >= 0.6 is 0 Å². The molecule has 5 nitrogen and oxygen atoms in total. The van der Waals surface area contributed by atoms with E-state index in [0.29, 0.717) is 12.5 Å². The van der Waals surface area contributed by atoms with Crippen molar-refractivity contribution in [2.24, 2.45) is 5.92 Å². The number of H-pyrrole nitrogens is 1. The summed E-state index contributed by atoms with van der Waals surface area (Å²) < 4.78 is 1.45. The molecule has 0 saturated heterocycles. The Morgan fingerprint density at radius 1 is 1.39 bits per heavy atom. The molecule has 0 unspecified atom stereocenters. The highest BCUT2D eigenvalue weighted by Gasteiger charge is 2.10. The third kappa shape index (κ3) is 2.61. The van der Waals surface area contributed by atoms with Crippen molar-refractivity contribution in [3.8, 4) is 0 Å². The maximum Gasteiger partial charge on any atom is 0.326 e. The number of hydrogen-bond acceptors (Lipinski definition) is 2. The number of amides is 1. The minimum Gasteiger partial charge on any atom is -0.354 e. The van der Waals surface area contributed by atoms with Crippen molar-refractivity contribution < 1.29 is 4.79 Å². The van der Waals surface area contributed by atoms with Crippen LogP contribution in [0.5, 0.6) is 0 Å². The van der Waals surface area contributed by atoms with E-state index in [1.54, 1.807) is 0 Å². The van der Waals surface area contributed by atoms with Gasteiger partial charge in [0.15, 0.2) is 0 Å². The van der Waals surface area contributed by atoms with Crippen molar-refractivity contribution in [3.63, 3.8) is 0 Å². The van der Waals surface area contributed by atoms with Crippen LogP contribution in [0.25, 0.3) is 11.0 Å². The second-order valence-electron chi connectivity index (χ2n) is 4.73. The van der Waals surface area contributed by atoms with E-state index in [4.69, 9.17) is 0 Å². The number of hydrogen-bond donors (Lipinski definition) is 2. The number of aromatic amines is 1. The van der Waals surface area contributed by atoms with Crippen molar-refractivity contribution >= 4 is 16.9 Å². The number of nitrogens with one attached hydrogen (secondary N) is 2. The molecule has 0 atom stereocenters. The summed E-state index contributed by atoms with van der Waals surface area (Å²) in [7, 11) is 0. The number of nitrogens with zero attached hydrogens (tertiary/aromatic N) is 1. The van der Waals surface area contributed by atoms with Gasteiger partial charge in [0.25, 0.3) is 0 Å². The molecule has 0 aliphatic heterocycles. The van der Waals surface area contributed by atoms with Crippen LogP contribution in [0.2, 0.25) is 0 Å². The molecular formula is C13H17N3O2. The highest BCUT2D eigenvalue weighted by molar-refractivity contribution is 5.80. The van der Waals surface area contributed by atoms with Crippen LogP contribution < -0.4 is 11.0 Å². The molecule has 0 spiro atoms. The van der Waals surface area contributed by atoms with E-state index >= 15 is 0 Å².